The highest BCUT2D eigenvalue weighted by Gasteiger charge is 2.46. The molecular formula is C22H20FN3O4S. The number of aliphatic hydroxyl groups is 1. The largest absolute Gasteiger partial charge is 0.511 e. The monoisotopic (exact) mass is 441 g/mol. The van der Waals surface area contributed by atoms with Gasteiger partial charge in [0.05, 0.1) is 5.69 Å². The number of anilines is 1. The molecule has 160 valence electrons. The molecule has 1 amide bonds. The number of halogens is 1. The predicted molar refractivity (Wildman–Crippen MR) is 112 cm³/mol. The van der Waals surface area contributed by atoms with Crippen molar-refractivity contribution in [1.29, 1.82) is 0 Å². The summed E-state index contributed by atoms with van der Waals surface area (Å²) in [4.78, 5) is 15.1. The van der Waals surface area contributed by atoms with Gasteiger partial charge >= 0.3 is 0 Å². The molecule has 1 aliphatic carbocycles. The van der Waals surface area contributed by atoms with Crippen LogP contribution in [0.4, 0.5) is 10.1 Å². The van der Waals surface area contributed by atoms with Crippen molar-refractivity contribution in [3.63, 3.8) is 0 Å². The molecule has 0 radical (unpaired) electrons. The van der Waals surface area contributed by atoms with E-state index in [0.717, 1.165) is 18.4 Å². The zero-order valence-corrected chi connectivity index (χ0v) is 17.3. The van der Waals surface area contributed by atoms with E-state index >= 15 is 0 Å². The van der Waals surface area contributed by atoms with Crippen molar-refractivity contribution in [3.05, 3.63) is 71.2 Å². The number of hydrogen-bond donors (Lipinski definition) is 2. The highest BCUT2D eigenvalue weighted by molar-refractivity contribution is 7.90. The normalized spacial score (nSPS) is 24.4. The van der Waals surface area contributed by atoms with E-state index in [9.17, 15) is 22.7 Å². The first kappa shape index (κ1) is 19.7. The third-order valence-corrected chi connectivity index (χ3v) is 7.43. The molecule has 5 rings (SSSR count). The number of amides is 1. The second kappa shape index (κ2) is 7.19. The maximum absolute atomic E-state index is 13.5. The lowest BCUT2D eigenvalue weighted by Crippen LogP contribution is -2.49. The van der Waals surface area contributed by atoms with Gasteiger partial charge in [0, 0.05) is 18.5 Å². The topological polar surface area (TPSA) is 99.1 Å². The van der Waals surface area contributed by atoms with Gasteiger partial charge in [0.15, 0.2) is 5.84 Å². The molecule has 7 nitrogen and oxygen atoms in total. The van der Waals surface area contributed by atoms with Crippen LogP contribution >= 0.6 is 0 Å². The average Bonchev–Trinajstić information content (AvgIpc) is 3.22. The summed E-state index contributed by atoms with van der Waals surface area (Å²) in [6.07, 6.45) is 2.25. The lowest BCUT2D eigenvalue weighted by atomic mass is 9.89. The van der Waals surface area contributed by atoms with Gasteiger partial charge < -0.3 is 15.3 Å². The number of sulfonamides is 1. The summed E-state index contributed by atoms with van der Waals surface area (Å²) in [5.74, 6) is -1.45. The molecule has 2 aromatic carbocycles. The number of nitrogens with one attached hydrogen (secondary N) is 1. The summed E-state index contributed by atoms with van der Waals surface area (Å²) in [6, 6.07) is 12.0. The Morgan fingerprint density at radius 3 is 2.65 bits per heavy atom. The molecule has 2 aromatic rings. The Kier molecular flexibility index (Phi) is 4.58. The molecular weight excluding hydrogens is 421 g/mol. The van der Waals surface area contributed by atoms with Gasteiger partial charge in [-0.05, 0) is 42.7 Å². The molecule has 9 heteroatoms. The van der Waals surface area contributed by atoms with Crippen molar-refractivity contribution in [2.24, 2.45) is 10.3 Å². The minimum Gasteiger partial charge on any atom is -0.511 e. The number of carbonyl (C=O) groups excluding carboxylic acids is 1. The first-order valence-corrected chi connectivity index (χ1v) is 11.5. The van der Waals surface area contributed by atoms with Gasteiger partial charge in [-0.15, -0.1) is 4.40 Å². The summed E-state index contributed by atoms with van der Waals surface area (Å²) < 4.78 is 42.5. The number of nitrogens with zero attached hydrogens (tertiary/aromatic N) is 2. The maximum Gasteiger partial charge on any atom is 0.286 e. The Hall–Kier alpha value is -3.20. The summed E-state index contributed by atoms with van der Waals surface area (Å²) >= 11 is 0. The van der Waals surface area contributed by atoms with Crippen LogP contribution in [0.25, 0.3) is 0 Å². The number of benzene rings is 2. The minimum absolute atomic E-state index is 0.0176. The van der Waals surface area contributed by atoms with Crippen LogP contribution in [0.2, 0.25) is 0 Å². The van der Waals surface area contributed by atoms with Crippen molar-refractivity contribution < 1.29 is 22.7 Å². The van der Waals surface area contributed by atoms with E-state index in [-0.39, 0.29) is 46.4 Å². The lowest BCUT2D eigenvalue weighted by molar-refractivity contribution is -0.132. The number of rotatable bonds is 3. The molecule has 0 aromatic heterocycles. The van der Waals surface area contributed by atoms with Gasteiger partial charge in [-0.1, -0.05) is 30.7 Å². The molecule has 2 N–H and O–H groups in total. The second-order valence-corrected chi connectivity index (χ2v) is 9.53. The van der Waals surface area contributed by atoms with Crippen LogP contribution in [0.3, 0.4) is 0 Å². The fraction of sp³-hybridized carbons (Fsp3) is 0.273. The van der Waals surface area contributed by atoms with Gasteiger partial charge in [-0.2, -0.15) is 8.42 Å². The SMILES string of the molecule is O=C1C(C2=NS(=O)(=O)c3ccccc3N2)=C(O)C2CCCC2N1Cc1ccc(F)cc1. The number of amidine groups is 1. The van der Waals surface area contributed by atoms with Gasteiger partial charge in [-0.25, -0.2) is 4.39 Å². The number of hydrogen-bond acceptors (Lipinski definition) is 5. The Morgan fingerprint density at radius 2 is 1.87 bits per heavy atom. The van der Waals surface area contributed by atoms with Crippen molar-refractivity contribution in [2.45, 2.75) is 36.7 Å². The quantitative estimate of drug-likeness (QED) is 0.761. The maximum atomic E-state index is 13.5. The first-order valence-electron chi connectivity index (χ1n) is 10.0. The Morgan fingerprint density at radius 1 is 1.13 bits per heavy atom. The van der Waals surface area contributed by atoms with Crippen LogP contribution < -0.4 is 5.32 Å². The summed E-state index contributed by atoms with van der Waals surface area (Å²) in [5, 5.41) is 13.9. The van der Waals surface area contributed by atoms with Crippen LogP contribution in [-0.2, 0) is 21.4 Å². The Bertz CT molecular complexity index is 1240. The molecule has 31 heavy (non-hydrogen) atoms. The van der Waals surface area contributed by atoms with E-state index in [4.69, 9.17) is 0 Å². The van der Waals surface area contributed by atoms with Gasteiger partial charge in [-0.3, -0.25) is 4.79 Å². The smallest absolute Gasteiger partial charge is 0.286 e. The van der Waals surface area contributed by atoms with Gasteiger partial charge in [0.2, 0.25) is 0 Å². The number of aliphatic hydroxyl groups excluding tert-OH is 1. The second-order valence-electron chi connectivity index (χ2n) is 7.96. The molecule has 2 unspecified atom stereocenters. The molecule has 2 aliphatic heterocycles. The molecule has 3 aliphatic rings. The zero-order chi connectivity index (χ0) is 21.8. The standard InChI is InChI=1S/C22H20FN3O4S/c23-14-10-8-13(9-11-14)12-26-17-6-3-4-15(17)20(27)19(22(26)28)21-24-16-5-1-2-7-18(16)31(29,30)25-21/h1-2,5,7-11,15,17,27H,3-4,6,12H2,(H,24,25). The molecule has 1 fully saturated rings. The molecule has 2 atom stereocenters. The fourth-order valence-electron chi connectivity index (χ4n) is 4.64. The summed E-state index contributed by atoms with van der Waals surface area (Å²) in [6.45, 7) is 0.230. The lowest BCUT2D eigenvalue weighted by Gasteiger charge is -2.39. The van der Waals surface area contributed by atoms with Crippen LogP contribution in [0, 0.1) is 11.7 Å². The van der Waals surface area contributed by atoms with Crippen LogP contribution in [0.15, 0.2) is 69.2 Å². The van der Waals surface area contributed by atoms with Gasteiger partial charge in [0.1, 0.15) is 22.0 Å². The average molecular weight is 441 g/mol. The van der Waals surface area contributed by atoms with Crippen molar-refractivity contribution in [2.75, 3.05) is 5.32 Å². The van der Waals surface area contributed by atoms with E-state index in [1.807, 2.05) is 0 Å². The van der Waals surface area contributed by atoms with E-state index < -0.39 is 15.9 Å². The number of carbonyl (C=O) groups is 1. The van der Waals surface area contributed by atoms with Crippen molar-refractivity contribution >= 4 is 27.5 Å². The van der Waals surface area contributed by atoms with Crippen molar-refractivity contribution in [1.82, 2.24) is 4.90 Å². The van der Waals surface area contributed by atoms with Crippen LogP contribution in [0.1, 0.15) is 24.8 Å². The minimum atomic E-state index is -4.02. The fourth-order valence-corrected chi connectivity index (χ4v) is 5.77. The highest BCUT2D eigenvalue weighted by atomic mass is 32.2. The van der Waals surface area contributed by atoms with E-state index in [2.05, 4.69) is 9.71 Å². The summed E-state index contributed by atoms with van der Waals surface area (Å²) in [7, 11) is -4.02. The molecule has 0 bridgehead atoms. The Labute approximate surface area is 179 Å². The third kappa shape index (κ3) is 3.29. The van der Waals surface area contributed by atoms with E-state index in [1.165, 1.54) is 18.2 Å². The third-order valence-electron chi connectivity index (χ3n) is 6.09. The number of para-hydroxylation sites is 1. The van der Waals surface area contributed by atoms with Gasteiger partial charge in [0.25, 0.3) is 15.9 Å². The van der Waals surface area contributed by atoms with Crippen molar-refractivity contribution in [3.8, 4) is 0 Å². The molecule has 0 saturated heterocycles. The van der Waals surface area contributed by atoms with Crippen LogP contribution in [0.5, 0.6) is 0 Å². The number of fused-ring (bicyclic) bond motifs is 2. The zero-order valence-electron chi connectivity index (χ0n) is 16.5. The van der Waals surface area contributed by atoms with E-state index in [0.29, 0.717) is 12.1 Å². The first-order chi connectivity index (χ1) is 14.8. The molecule has 2 heterocycles. The molecule has 1 saturated carbocycles. The summed E-state index contributed by atoms with van der Waals surface area (Å²) in [5.41, 5.74) is 0.931. The highest BCUT2D eigenvalue weighted by Crippen LogP contribution is 2.41. The Balaban J connectivity index is 1.57. The van der Waals surface area contributed by atoms with Crippen LogP contribution in [-0.4, -0.2) is 36.2 Å². The van der Waals surface area contributed by atoms with E-state index in [1.54, 1.807) is 35.2 Å². The predicted octanol–water partition coefficient (Wildman–Crippen LogP) is 3.36. The molecule has 0 spiro atoms.